The molecule has 2 aromatic rings. The van der Waals surface area contributed by atoms with Crippen molar-refractivity contribution < 1.29 is 0 Å². The van der Waals surface area contributed by atoms with Crippen LogP contribution in [-0.4, -0.2) is 40.7 Å². The second kappa shape index (κ2) is 16.3. The van der Waals surface area contributed by atoms with Crippen LogP contribution in [0, 0.1) is 4.06 Å². The fraction of sp³-hybridized carbons (Fsp3) is 0.625. The summed E-state index contributed by atoms with van der Waals surface area (Å²) in [5, 5.41) is 1.18. The van der Waals surface area contributed by atoms with Crippen molar-refractivity contribution in [1.82, 2.24) is 0 Å². The van der Waals surface area contributed by atoms with Gasteiger partial charge in [0.05, 0.1) is 0 Å². The SMILES string of the molecule is CCCCCN(CCCCC)c1ccc2c(c1)[Se]=c1cc(N(CCCCC)CCCCC)ccc1=N2. The van der Waals surface area contributed by atoms with Gasteiger partial charge in [-0.1, -0.05) is 0 Å². The zero-order valence-corrected chi connectivity index (χ0v) is 25.2. The van der Waals surface area contributed by atoms with Crippen molar-refractivity contribution in [3.8, 4) is 0 Å². The second-order valence-electron chi connectivity index (χ2n) is 10.3. The maximum atomic E-state index is 5.09. The zero-order chi connectivity index (χ0) is 25.6. The molecule has 0 spiro atoms. The molecule has 2 aromatic carbocycles. The molecule has 0 fully saturated rings. The third kappa shape index (κ3) is 8.73. The summed E-state index contributed by atoms with van der Waals surface area (Å²) >= 11 is 0.301. The van der Waals surface area contributed by atoms with Gasteiger partial charge in [-0.05, 0) is 0 Å². The Hall–Kier alpha value is -1.64. The van der Waals surface area contributed by atoms with E-state index in [1.54, 1.807) is 0 Å². The van der Waals surface area contributed by atoms with Gasteiger partial charge in [0.1, 0.15) is 0 Å². The first-order valence-corrected chi connectivity index (χ1v) is 16.6. The summed E-state index contributed by atoms with van der Waals surface area (Å²) in [6.07, 6.45) is 15.5. The first kappa shape index (κ1) is 28.9. The molecule has 0 unspecified atom stereocenters. The molecule has 0 saturated heterocycles. The number of nitrogens with zero attached hydrogens (tertiary/aromatic N) is 3. The number of hydrogen-bond donors (Lipinski definition) is 0. The normalized spacial score (nSPS) is 11.9. The van der Waals surface area contributed by atoms with E-state index in [0.717, 1.165) is 0 Å². The summed E-state index contributed by atoms with van der Waals surface area (Å²) in [6, 6.07) is 14.1. The maximum absolute atomic E-state index is 5.09. The Kier molecular flexibility index (Phi) is 13.1. The van der Waals surface area contributed by atoms with Crippen LogP contribution in [0.1, 0.15) is 105 Å². The summed E-state index contributed by atoms with van der Waals surface area (Å²) in [5.74, 6) is 0. The number of hydrogen-bond acceptors (Lipinski definition) is 3. The standard InChI is InChI=1S/C32H50N3Se/c1-5-9-13-21-34(22-14-10-6-2)27-17-19-29-31(25-27)36-32-26-28(18-20-30(32)33-29)35(23-15-11-7-3)24-16-12-8-4/h17-20,25-26H,5-16,21-24H2,1-4H3. The minimum absolute atomic E-state index is 0.301. The average Bonchev–Trinajstić information content (AvgIpc) is 2.90. The molecule has 0 saturated carbocycles. The molecular weight excluding hydrogens is 505 g/mol. The van der Waals surface area contributed by atoms with Gasteiger partial charge in [0.2, 0.25) is 0 Å². The topological polar surface area (TPSA) is 18.8 Å². The summed E-state index contributed by atoms with van der Waals surface area (Å²) in [4.78, 5) is 10.4. The van der Waals surface area contributed by atoms with Crippen molar-refractivity contribution in [1.29, 1.82) is 0 Å². The van der Waals surface area contributed by atoms with Gasteiger partial charge in [-0.25, -0.2) is 0 Å². The molecule has 0 bridgehead atoms. The first-order valence-electron chi connectivity index (χ1n) is 14.9. The Balaban J connectivity index is 1.85. The number of fused-ring (bicyclic) bond motifs is 2. The van der Waals surface area contributed by atoms with Crippen molar-refractivity contribution in [2.75, 3.05) is 36.0 Å². The van der Waals surface area contributed by atoms with Crippen molar-refractivity contribution in [2.45, 2.75) is 105 Å². The predicted octanol–water partition coefficient (Wildman–Crippen LogP) is 7.61. The minimum atomic E-state index is 0.301. The van der Waals surface area contributed by atoms with Crippen LogP contribution in [0.2, 0.25) is 0 Å². The van der Waals surface area contributed by atoms with Crippen molar-refractivity contribution >= 4 is 36.0 Å². The Morgan fingerprint density at radius 1 is 0.583 bits per heavy atom. The van der Waals surface area contributed by atoms with Crippen molar-refractivity contribution in [3.05, 3.63) is 45.8 Å². The molecule has 36 heavy (non-hydrogen) atoms. The van der Waals surface area contributed by atoms with E-state index in [1.165, 1.54) is 134 Å². The van der Waals surface area contributed by atoms with Crippen LogP contribution in [0.25, 0.3) is 0 Å². The van der Waals surface area contributed by atoms with E-state index in [9.17, 15) is 0 Å². The van der Waals surface area contributed by atoms with Gasteiger partial charge in [-0.2, -0.15) is 0 Å². The zero-order valence-electron chi connectivity index (χ0n) is 23.5. The molecule has 0 aliphatic carbocycles. The average molecular weight is 556 g/mol. The summed E-state index contributed by atoms with van der Waals surface area (Å²) < 4.78 is 2.90. The van der Waals surface area contributed by atoms with Crippen LogP contribution in [-0.2, 0) is 0 Å². The Morgan fingerprint density at radius 3 is 1.56 bits per heavy atom. The van der Waals surface area contributed by atoms with Crippen LogP contribution in [0.15, 0.2) is 41.4 Å². The molecule has 0 aromatic heterocycles. The van der Waals surface area contributed by atoms with Gasteiger partial charge in [-0.3, -0.25) is 0 Å². The quantitative estimate of drug-likeness (QED) is 0.119. The Bertz CT molecular complexity index is 1010. The van der Waals surface area contributed by atoms with E-state index in [1.807, 2.05) is 0 Å². The number of rotatable bonds is 18. The molecule has 0 N–H and O–H groups in total. The number of unbranched alkanes of at least 4 members (excludes halogenated alkanes) is 8. The van der Waals surface area contributed by atoms with Gasteiger partial charge in [0.15, 0.2) is 0 Å². The molecule has 0 amide bonds. The van der Waals surface area contributed by atoms with E-state index in [-0.39, 0.29) is 0 Å². The molecule has 0 atom stereocenters. The van der Waals surface area contributed by atoms with E-state index >= 15 is 0 Å². The Labute approximate surface area is 227 Å². The number of anilines is 2. The molecule has 1 aliphatic heterocycles. The van der Waals surface area contributed by atoms with Gasteiger partial charge >= 0.3 is 228 Å². The molecule has 3 nitrogen and oxygen atoms in total. The summed E-state index contributed by atoms with van der Waals surface area (Å²) in [5.41, 5.74) is 3.99. The van der Waals surface area contributed by atoms with Crippen LogP contribution < -0.4 is 19.6 Å². The van der Waals surface area contributed by atoms with Crippen LogP contribution in [0.5, 0.6) is 0 Å². The molecule has 1 aliphatic rings. The first-order chi connectivity index (χ1) is 17.7. The predicted molar refractivity (Wildman–Crippen MR) is 160 cm³/mol. The third-order valence-electron chi connectivity index (χ3n) is 7.20. The van der Waals surface area contributed by atoms with E-state index in [0.29, 0.717) is 14.5 Å². The van der Waals surface area contributed by atoms with Gasteiger partial charge in [-0.15, -0.1) is 0 Å². The molecular formula is C32H50N3Se. The van der Waals surface area contributed by atoms with E-state index in [2.05, 4.69) is 73.9 Å². The van der Waals surface area contributed by atoms with Crippen molar-refractivity contribution in [3.63, 3.8) is 0 Å². The fourth-order valence-electron chi connectivity index (χ4n) is 4.95. The summed E-state index contributed by atoms with van der Waals surface area (Å²) in [7, 11) is 0. The summed E-state index contributed by atoms with van der Waals surface area (Å²) in [6.45, 7) is 13.9. The fourth-order valence-corrected chi connectivity index (χ4v) is 7.11. The monoisotopic (exact) mass is 556 g/mol. The molecule has 1 heterocycles. The molecule has 4 heteroatoms. The van der Waals surface area contributed by atoms with Crippen LogP contribution >= 0.6 is 0 Å². The third-order valence-corrected chi connectivity index (χ3v) is 9.50. The van der Waals surface area contributed by atoms with Gasteiger partial charge in [0, 0.05) is 0 Å². The second-order valence-corrected chi connectivity index (χ2v) is 12.6. The molecule has 1 radical (unpaired) electrons. The van der Waals surface area contributed by atoms with Crippen LogP contribution in [0.3, 0.4) is 0 Å². The van der Waals surface area contributed by atoms with Crippen molar-refractivity contribution in [2.24, 2.45) is 4.99 Å². The Morgan fingerprint density at radius 2 is 1.06 bits per heavy atom. The van der Waals surface area contributed by atoms with E-state index in [4.69, 9.17) is 4.99 Å². The molecule has 199 valence electrons. The molecule has 3 rings (SSSR count). The van der Waals surface area contributed by atoms with Gasteiger partial charge < -0.3 is 0 Å². The van der Waals surface area contributed by atoms with E-state index < -0.39 is 0 Å². The number of benzene rings is 2. The van der Waals surface area contributed by atoms with Crippen LogP contribution in [0.4, 0.5) is 17.1 Å². The van der Waals surface area contributed by atoms with Gasteiger partial charge in [0.25, 0.3) is 0 Å².